The quantitative estimate of drug-likeness (QED) is 0.438. The molecule has 0 aromatic carbocycles. The van der Waals surface area contributed by atoms with E-state index >= 15 is 0 Å². The second-order valence-electron chi connectivity index (χ2n) is 3.06. The first-order valence-corrected chi connectivity index (χ1v) is 5.08. The second-order valence-corrected chi connectivity index (χ2v) is 4.00. The molecule has 15 heavy (non-hydrogen) atoms. The average molecular weight is 225 g/mol. The average Bonchev–Trinajstić information content (AvgIpc) is 2.66. The molecule has 0 fully saturated rings. The lowest BCUT2D eigenvalue weighted by Crippen LogP contribution is -2.12. The van der Waals surface area contributed by atoms with Gasteiger partial charge in [0.2, 0.25) is 6.10 Å². The van der Waals surface area contributed by atoms with E-state index in [4.69, 9.17) is 4.74 Å². The van der Waals surface area contributed by atoms with E-state index in [0.29, 0.717) is 5.56 Å². The van der Waals surface area contributed by atoms with Gasteiger partial charge in [0.25, 0.3) is 5.70 Å². The molecule has 0 spiro atoms. The fourth-order valence-corrected chi connectivity index (χ4v) is 2.33. The van der Waals surface area contributed by atoms with E-state index in [2.05, 4.69) is 0 Å². The van der Waals surface area contributed by atoms with Crippen LogP contribution in [0.4, 0.5) is 0 Å². The molecule has 1 unspecified atom stereocenters. The van der Waals surface area contributed by atoms with Gasteiger partial charge in [0, 0.05) is 23.4 Å². The van der Waals surface area contributed by atoms with Gasteiger partial charge in [0.1, 0.15) is 0 Å². The molecule has 0 aliphatic heterocycles. The number of nitro groups is 1. The minimum absolute atomic E-state index is 0.0768. The number of carbonyl (C=O) groups excluding carboxylic acids is 1. The normalized spacial score (nSPS) is 18.2. The van der Waals surface area contributed by atoms with Gasteiger partial charge in [-0.15, -0.1) is 11.3 Å². The molecular formula is C9H7NO4S. The lowest BCUT2D eigenvalue weighted by molar-refractivity contribution is -0.434. The van der Waals surface area contributed by atoms with Crippen LogP contribution in [0.3, 0.4) is 0 Å². The molecule has 0 saturated carbocycles. The van der Waals surface area contributed by atoms with Gasteiger partial charge >= 0.3 is 5.97 Å². The van der Waals surface area contributed by atoms with Crippen LogP contribution in [0.5, 0.6) is 0 Å². The van der Waals surface area contributed by atoms with Gasteiger partial charge in [-0.1, -0.05) is 0 Å². The second kappa shape index (κ2) is 3.47. The first kappa shape index (κ1) is 9.85. The third kappa shape index (κ3) is 1.63. The Labute approximate surface area is 89.1 Å². The summed E-state index contributed by atoms with van der Waals surface area (Å²) in [6, 6.07) is 1.74. The van der Waals surface area contributed by atoms with Crippen molar-refractivity contribution < 1.29 is 14.5 Å². The van der Waals surface area contributed by atoms with Crippen molar-refractivity contribution >= 4 is 23.4 Å². The van der Waals surface area contributed by atoms with E-state index in [9.17, 15) is 14.9 Å². The molecule has 0 saturated heterocycles. The third-order valence-corrected chi connectivity index (χ3v) is 2.93. The SMILES string of the molecule is CC(=O)OC1C([N+](=O)[O-])=Cc2sccc21. The standard InChI is InChI=1S/C9H7NO4S/c1-5(11)14-9-6-2-3-15-8(6)4-7(9)10(12)13/h2-4,9H,1H3. The van der Waals surface area contributed by atoms with Crippen molar-refractivity contribution in [3.8, 4) is 0 Å². The summed E-state index contributed by atoms with van der Waals surface area (Å²) in [5.74, 6) is -0.521. The molecule has 78 valence electrons. The number of hydrogen-bond acceptors (Lipinski definition) is 5. The van der Waals surface area contributed by atoms with Crippen LogP contribution in [-0.2, 0) is 9.53 Å². The Hall–Kier alpha value is -1.69. The van der Waals surface area contributed by atoms with E-state index in [1.807, 2.05) is 5.38 Å². The monoisotopic (exact) mass is 225 g/mol. The van der Waals surface area contributed by atoms with Crippen molar-refractivity contribution in [2.45, 2.75) is 13.0 Å². The van der Waals surface area contributed by atoms with Gasteiger partial charge in [0.05, 0.1) is 4.92 Å². The molecule has 1 aromatic rings. The molecule has 0 N–H and O–H groups in total. The highest BCUT2D eigenvalue weighted by atomic mass is 32.1. The van der Waals surface area contributed by atoms with Gasteiger partial charge in [0.15, 0.2) is 0 Å². The number of fused-ring (bicyclic) bond motifs is 1. The molecule has 1 aliphatic carbocycles. The van der Waals surface area contributed by atoms with Crippen molar-refractivity contribution in [2.24, 2.45) is 0 Å². The summed E-state index contributed by atoms with van der Waals surface area (Å²) in [5, 5.41) is 12.5. The van der Waals surface area contributed by atoms with Crippen LogP contribution >= 0.6 is 11.3 Å². The Morgan fingerprint density at radius 3 is 3.00 bits per heavy atom. The molecule has 2 rings (SSSR count). The smallest absolute Gasteiger partial charge is 0.303 e. The molecule has 0 bridgehead atoms. The molecule has 1 aliphatic rings. The number of esters is 1. The van der Waals surface area contributed by atoms with Crippen LogP contribution in [0, 0.1) is 10.1 Å². The summed E-state index contributed by atoms with van der Waals surface area (Å²) in [6.07, 6.45) is 0.604. The number of nitrogens with zero attached hydrogens (tertiary/aromatic N) is 1. The first-order valence-electron chi connectivity index (χ1n) is 4.20. The number of rotatable bonds is 2. The molecule has 0 radical (unpaired) electrons. The molecule has 1 aromatic heterocycles. The molecule has 1 heterocycles. The van der Waals surface area contributed by atoms with Crippen molar-refractivity contribution in [1.82, 2.24) is 0 Å². The van der Waals surface area contributed by atoms with Crippen molar-refractivity contribution in [3.63, 3.8) is 0 Å². The lowest BCUT2D eigenvalue weighted by atomic mass is 10.2. The maximum absolute atomic E-state index is 10.8. The Bertz CT molecular complexity index is 462. The van der Waals surface area contributed by atoms with Gasteiger partial charge < -0.3 is 4.74 Å². The van der Waals surface area contributed by atoms with Crippen LogP contribution in [0.2, 0.25) is 0 Å². The Kier molecular flexibility index (Phi) is 2.28. The van der Waals surface area contributed by atoms with E-state index in [-0.39, 0.29) is 5.70 Å². The fraction of sp³-hybridized carbons (Fsp3) is 0.222. The molecule has 6 heteroatoms. The van der Waals surface area contributed by atoms with E-state index < -0.39 is 17.0 Å². The predicted octanol–water partition coefficient (Wildman–Crippen LogP) is 1.98. The number of hydrogen-bond donors (Lipinski definition) is 0. The zero-order chi connectivity index (χ0) is 11.0. The largest absolute Gasteiger partial charge is 0.446 e. The van der Waals surface area contributed by atoms with Crippen LogP contribution in [0.25, 0.3) is 6.08 Å². The van der Waals surface area contributed by atoms with E-state index in [1.54, 1.807) is 6.07 Å². The minimum atomic E-state index is -0.848. The van der Waals surface area contributed by atoms with Gasteiger partial charge in [-0.3, -0.25) is 14.9 Å². The van der Waals surface area contributed by atoms with Gasteiger partial charge in [-0.05, 0) is 11.4 Å². The van der Waals surface area contributed by atoms with Crippen LogP contribution in [-0.4, -0.2) is 10.9 Å². The van der Waals surface area contributed by atoms with Crippen molar-refractivity contribution in [3.05, 3.63) is 37.7 Å². The molecule has 1 atom stereocenters. The number of carbonyl (C=O) groups is 1. The summed E-state index contributed by atoms with van der Waals surface area (Å²) in [7, 11) is 0. The van der Waals surface area contributed by atoms with Gasteiger partial charge in [-0.2, -0.15) is 0 Å². The van der Waals surface area contributed by atoms with Crippen LogP contribution in [0.1, 0.15) is 23.5 Å². The molecule has 0 amide bonds. The number of ether oxygens (including phenoxy) is 1. The maximum Gasteiger partial charge on any atom is 0.303 e. The highest BCUT2D eigenvalue weighted by Crippen LogP contribution is 2.40. The van der Waals surface area contributed by atoms with E-state index in [0.717, 1.165) is 4.88 Å². The zero-order valence-corrected chi connectivity index (χ0v) is 8.61. The van der Waals surface area contributed by atoms with E-state index in [1.165, 1.54) is 24.3 Å². The highest BCUT2D eigenvalue weighted by molar-refractivity contribution is 7.11. The summed E-state index contributed by atoms with van der Waals surface area (Å²) in [4.78, 5) is 21.8. The molecule has 5 nitrogen and oxygen atoms in total. The van der Waals surface area contributed by atoms with Crippen LogP contribution < -0.4 is 0 Å². The summed E-state index contributed by atoms with van der Waals surface area (Å²) >= 11 is 1.39. The lowest BCUT2D eigenvalue weighted by Gasteiger charge is -2.09. The van der Waals surface area contributed by atoms with Crippen molar-refractivity contribution in [2.75, 3.05) is 0 Å². The highest BCUT2D eigenvalue weighted by Gasteiger charge is 2.37. The third-order valence-electron chi connectivity index (χ3n) is 2.05. The summed E-state index contributed by atoms with van der Waals surface area (Å²) in [5.41, 5.74) is 0.619. The maximum atomic E-state index is 10.8. The fourth-order valence-electron chi connectivity index (χ4n) is 1.47. The van der Waals surface area contributed by atoms with Crippen molar-refractivity contribution in [1.29, 1.82) is 0 Å². The number of thiophene rings is 1. The Morgan fingerprint density at radius 1 is 1.67 bits per heavy atom. The zero-order valence-electron chi connectivity index (χ0n) is 7.80. The Balaban J connectivity index is 2.38. The minimum Gasteiger partial charge on any atom is -0.446 e. The predicted molar refractivity (Wildman–Crippen MR) is 53.8 cm³/mol. The molecular weight excluding hydrogens is 218 g/mol. The summed E-state index contributed by atoms with van der Waals surface area (Å²) < 4.78 is 4.93. The van der Waals surface area contributed by atoms with Crippen LogP contribution in [0.15, 0.2) is 17.1 Å². The summed E-state index contributed by atoms with van der Waals surface area (Å²) in [6.45, 7) is 1.24. The van der Waals surface area contributed by atoms with Gasteiger partial charge in [-0.25, -0.2) is 0 Å². The Morgan fingerprint density at radius 2 is 2.40 bits per heavy atom. The topological polar surface area (TPSA) is 69.4 Å². The first-order chi connectivity index (χ1) is 7.09.